The van der Waals surface area contributed by atoms with Crippen LogP contribution in [0.3, 0.4) is 0 Å². The van der Waals surface area contributed by atoms with E-state index in [1.54, 1.807) is 11.9 Å². The molecule has 92 valence electrons. The summed E-state index contributed by atoms with van der Waals surface area (Å²) in [5.41, 5.74) is -1.08. The van der Waals surface area contributed by atoms with Crippen molar-refractivity contribution in [2.75, 3.05) is 13.6 Å². The Labute approximate surface area is 96.6 Å². The van der Waals surface area contributed by atoms with E-state index in [0.717, 1.165) is 12.8 Å². The summed E-state index contributed by atoms with van der Waals surface area (Å²) in [6.45, 7) is 4.94. The Balaban J connectivity index is 2.40. The number of carboxylic acid groups (broad SMARTS) is 1. The summed E-state index contributed by atoms with van der Waals surface area (Å²) in [5, 5.41) is 8.99. The molecule has 0 aromatic heterocycles. The molecule has 4 heteroatoms. The van der Waals surface area contributed by atoms with E-state index in [-0.39, 0.29) is 5.91 Å². The molecular formula is C12H21NO3. The van der Waals surface area contributed by atoms with Gasteiger partial charge < -0.3 is 10.0 Å². The number of carbonyl (C=O) groups is 2. The molecule has 1 aliphatic rings. The molecule has 0 atom stereocenters. The first-order valence-corrected chi connectivity index (χ1v) is 5.89. The second-order valence-corrected chi connectivity index (χ2v) is 5.15. The summed E-state index contributed by atoms with van der Waals surface area (Å²) in [4.78, 5) is 24.4. The fourth-order valence-electron chi connectivity index (χ4n) is 1.85. The van der Waals surface area contributed by atoms with Gasteiger partial charge in [-0.25, -0.2) is 0 Å². The molecule has 0 aromatic rings. The van der Waals surface area contributed by atoms with Gasteiger partial charge in [-0.2, -0.15) is 0 Å². The fraction of sp³-hybridized carbons (Fsp3) is 0.833. The van der Waals surface area contributed by atoms with Crippen LogP contribution in [-0.2, 0) is 9.59 Å². The largest absolute Gasteiger partial charge is 0.480 e. The second-order valence-electron chi connectivity index (χ2n) is 5.15. The Hall–Kier alpha value is -1.06. The van der Waals surface area contributed by atoms with Crippen LogP contribution in [0.1, 0.15) is 39.5 Å². The van der Waals surface area contributed by atoms with Gasteiger partial charge in [0.1, 0.15) is 5.41 Å². The van der Waals surface area contributed by atoms with E-state index in [1.165, 1.54) is 0 Å². The third kappa shape index (κ3) is 2.74. The smallest absolute Gasteiger partial charge is 0.319 e. The van der Waals surface area contributed by atoms with E-state index in [2.05, 4.69) is 13.8 Å². The number of rotatable bonds is 6. The average molecular weight is 227 g/mol. The van der Waals surface area contributed by atoms with Crippen LogP contribution in [0.25, 0.3) is 0 Å². The van der Waals surface area contributed by atoms with Gasteiger partial charge in [-0.15, -0.1) is 0 Å². The molecule has 1 saturated carbocycles. The van der Waals surface area contributed by atoms with Crippen LogP contribution in [0, 0.1) is 11.3 Å². The number of carboxylic acids is 1. The Bertz CT molecular complexity index is 282. The van der Waals surface area contributed by atoms with Crippen molar-refractivity contribution in [2.24, 2.45) is 11.3 Å². The molecule has 1 fully saturated rings. The Morgan fingerprint density at radius 1 is 1.38 bits per heavy atom. The van der Waals surface area contributed by atoms with Crippen LogP contribution < -0.4 is 0 Å². The van der Waals surface area contributed by atoms with Crippen LogP contribution in [0.15, 0.2) is 0 Å². The summed E-state index contributed by atoms with van der Waals surface area (Å²) in [7, 11) is 1.70. The lowest BCUT2D eigenvalue weighted by atomic mass is 10.0. The molecule has 0 bridgehead atoms. The quantitative estimate of drug-likeness (QED) is 0.703. The lowest BCUT2D eigenvalue weighted by Crippen LogP contribution is -2.39. The van der Waals surface area contributed by atoms with Gasteiger partial charge in [0, 0.05) is 13.6 Å². The van der Waals surface area contributed by atoms with Crippen molar-refractivity contribution in [3.63, 3.8) is 0 Å². The van der Waals surface area contributed by atoms with Crippen molar-refractivity contribution >= 4 is 11.9 Å². The molecule has 0 aromatic carbocycles. The van der Waals surface area contributed by atoms with Gasteiger partial charge in [0.15, 0.2) is 0 Å². The van der Waals surface area contributed by atoms with Crippen LogP contribution >= 0.6 is 0 Å². The standard InChI is InChI=1S/C12H21NO3/c1-9(2)5-4-8-13(3)10(14)12(6-7-12)11(15)16/h9H,4-8H2,1-3H3,(H,15,16). The number of nitrogens with zero attached hydrogens (tertiary/aromatic N) is 1. The van der Waals surface area contributed by atoms with E-state index in [1.807, 2.05) is 0 Å². The SMILES string of the molecule is CC(C)CCCN(C)C(=O)C1(C(=O)O)CC1. The second kappa shape index (κ2) is 4.85. The third-order valence-electron chi connectivity index (χ3n) is 3.19. The highest BCUT2D eigenvalue weighted by Crippen LogP contribution is 2.47. The van der Waals surface area contributed by atoms with Gasteiger partial charge >= 0.3 is 5.97 Å². The normalized spacial score (nSPS) is 17.2. The van der Waals surface area contributed by atoms with E-state index in [0.29, 0.717) is 25.3 Å². The number of hydrogen-bond acceptors (Lipinski definition) is 2. The first-order valence-electron chi connectivity index (χ1n) is 5.89. The van der Waals surface area contributed by atoms with Gasteiger partial charge in [-0.3, -0.25) is 9.59 Å². The minimum atomic E-state index is -1.08. The Morgan fingerprint density at radius 3 is 2.31 bits per heavy atom. The van der Waals surface area contributed by atoms with Crippen LogP contribution in [0.2, 0.25) is 0 Å². The summed E-state index contributed by atoms with van der Waals surface area (Å²) in [6.07, 6.45) is 3.00. The summed E-state index contributed by atoms with van der Waals surface area (Å²) >= 11 is 0. The highest BCUT2D eigenvalue weighted by molar-refractivity contribution is 6.04. The minimum absolute atomic E-state index is 0.219. The average Bonchev–Trinajstić information content (AvgIpc) is 2.96. The van der Waals surface area contributed by atoms with Gasteiger partial charge in [0.2, 0.25) is 5.91 Å². The van der Waals surface area contributed by atoms with Gasteiger partial charge in [-0.05, 0) is 31.6 Å². The minimum Gasteiger partial charge on any atom is -0.480 e. The molecule has 0 heterocycles. The van der Waals surface area contributed by atoms with Crippen molar-refractivity contribution in [1.29, 1.82) is 0 Å². The van der Waals surface area contributed by atoms with Gasteiger partial charge in [-0.1, -0.05) is 13.8 Å². The van der Waals surface area contributed by atoms with Crippen molar-refractivity contribution in [1.82, 2.24) is 4.90 Å². The predicted molar refractivity (Wildman–Crippen MR) is 61.0 cm³/mol. The van der Waals surface area contributed by atoms with Crippen molar-refractivity contribution < 1.29 is 14.7 Å². The van der Waals surface area contributed by atoms with Crippen molar-refractivity contribution in [2.45, 2.75) is 39.5 Å². The fourth-order valence-corrected chi connectivity index (χ4v) is 1.85. The summed E-state index contributed by atoms with van der Waals surface area (Å²) in [5.74, 6) is -0.560. The lowest BCUT2D eigenvalue weighted by molar-refractivity contribution is -0.152. The predicted octanol–water partition coefficient (Wildman–Crippen LogP) is 1.75. The van der Waals surface area contributed by atoms with E-state index in [4.69, 9.17) is 5.11 Å². The van der Waals surface area contributed by atoms with Crippen molar-refractivity contribution in [3.8, 4) is 0 Å². The number of hydrogen-bond donors (Lipinski definition) is 1. The number of aliphatic carboxylic acids is 1. The highest BCUT2D eigenvalue weighted by atomic mass is 16.4. The maximum Gasteiger partial charge on any atom is 0.319 e. The third-order valence-corrected chi connectivity index (χ3v) is 3.19. The summed E-state index contributed by atoms with van der Waals surface area (Å²) < 4.78 is 0. The lowest BCUT2D eigenvalue weighted by Gasteiger charge is -2.21. The van der Waals surface area contributed by atoms with Gasteiger partial charge in [0.05, 0.1) is 0 Å². The molecule has 1 amide bonds. The zero-order valence-electron chi connectivity index (χ0n) is 10.3. The maximum absolute atomic E-state index is 11.9. The molecule has 1 aliphatic carbocycles. The number of amides is 1. The highest BCUT2D eigenvalue weighted by Gasteiger charge is 2.58. The van der Waals surface area contributed by atoms with E-state index >= 15 is 0 Å². The molecule has 0 unspecified atom stereocenters. The monoisotopic (exact) mass is 227 g/mol. The van der Waals surface area contributed by atoms with E-state index < -0.39 is 11.4 Å². The van der Waals surface area contributed by atoms with Crippen molar-refractivity contribution in [3.05, 3.63) is 0 Å². The van der Waals surface area contributed by atoms with Crippen LogP contribution in [0.5, 0.6) is 0 Å². The molecule has 0 aliphatic heterocycles. The van der Waals surface area contributed by atoms with Crippen LogP contribution in [0.4, 0.5) is 0 Å². The topological polar surface area (TPSA) is 57.6 Å². The first-order chi connectivity index (χ1) is 7.40. The molecule has 0 radical (unpaired) electrons. The van der Waals surface area contributed by atoms with E-state index in [9.17, 15) is 9.59 Å². The first kappa shape index (κ1) is 13.0. The summed E-state index contributed by atoms with van der Waals surface area (Å²) in [6, 6.07) is 0. The zero-order chi connectivity index (χ0) is 12.3. The molecule has 0 saturated heterocycles. The Kier molecular flexibility index (Phi) is 3.94. The van der Waals surface area contributed by atoms with Crippen LogP contribution in [-0.4, -0.2) is 35.5 Å². The van der Waals surface area contributed by atoms with Gasteiger partial charge in [0.25, 0.3) is 0 Å². The molecular weight excluding hydrogens is 206 g/mol. The molecule has 16 heavy (non-hydrogen) atoms. The molecule has 1 rings (SSSR count). The Morgan fingerprint density at radius 2 is 1.94 bits per heavy atom. The number of carbonyl (C=O) groups excluding carboxylic acids is 1. The molecule has 1 N–H and O–H groups in total. The zero-order valence-corrected chi connectivity index (χ0v) is 10.3. The molecule has 0 spiro atoms. The molecule has 4 nitrogen and oxygen atoms in total. The maximum atomic E-state index is 11.9.